The summed E-state index contributed by atoms with van der Waals surface area (Å²) >= 11 is 0. The van der Waals surface area contributed by atoms with Gasteiger partial charge in [-0.25, -0.2) is 14.8 Å². The number of amides is 1. The van der Waals surface area contributed by atoms with Gasteiger partial charge in [0.15, 0.2) is 0 Å². The average molecular weight is 250 g/mol. The first-order valence-electron chi connectivity index (χ1n) is 5.71. The van der Waals surface area contributed by atoms with Crippen LogP contribution in [0.5, 0.6) is 0 Å². The van der Waals surface area contributed by atoms with Crippen molar-refractivity contribution < 1.29 is 14.3 Å². The van der Waals surface area contributed by atoms with Gasteiger partial charge in [-0.2, -0.15) is 0 Å². The minimum Gasteiger partial charge on any atom is -0.462 e. The SMILES string of the molecule is CCOC(=O)c1cnc(N2CCNC(=O)C2)nc1. The maximum atomic E-state index is 11.4. The monoisotopic (exact) mass is 250 g/mol. The lowest BCUT2D eigenvalue weighted by atomic mass is 10.3. The van der Waals surface area contributed by atoms with Crippen LogP contribution in [0.15, 0.2) is 12.4 Å². The van der Waals surface area contributed by atoms with Gasteiger partial charge in [0, 0.05) is 25.5 Å². The number of nitrogens with zero attached hydrogens (tertiary/aromatic N) is 3. The number of nitrogens with one attached hydrogen (secondary N) is 1. The number of hydrogen-bond acceptors (Lipinski definition) is 6. The third-order valence-electron chi connectivity index (χ3n) is 2.47. The Kier molecular flexibility index (Phi) is 3.71. The average Bonchev–Trinajstić information content (AvgIpc) is 2.39. The molecule has 0 atom stereocenters. The summed E-state index contributed by atoms with van der Waals surface area (Å²) in [6.45, 7) is 3.51. The maximum Gasteiger partial charge on any atom is 0.341 e. The van der Waals surface area contributed by atoms with Crippen molar-refractivity contribution in [2.45, 2.75) is 6.92 Å². The van der Waals surface area contributed by atoms with Crippen molar-refractivity contribution in [1.82, 2.24) is 15.3 Å². The predicted octanol–water partition coefficient (Wildman–Crippen LogP) is -0.410. The first kappa shape index (κ1) is 12.3. The largest absolute Gasteiger partial charge is 0.462 e. The molecule has 1 aromatic heterocycles. The van der Waals surface area contributed by atoms with Gasteiger partial charge < -0.3 is 15.0 Å². The lowest BCUT2D eigenvalue weighted by Gasteiger charge is -2.26. The summed E-state index contributed by atoms with van der Waals surface area (Å²) in [5, 5.41) is 2.72. The molecule has 1 saturated heterocycles. The molecule has 96 valence electrons. The Morgan fingerprint density at radius 3 is 2.83 bits per heavy atom. The van der Waals surface area contributed by atoms with Crippen LogP contribution in [0.4, 0.5) is 5.95 Å². The van der Waals surface area contributed by atoms with E-state index >= 15 is 0 Å². The van der Waals surface area contributed by atoms with E-state index in [2.05, 4.69) is 15.3 Å². The van der Waals surface area contributed by atoms with E-state index in [1.165, 1.54) is 12.4 Å². The highest BCUT2D eigenvalue weighted by Crippen LogP contribution is 2.08. The van der Waals surface area contributed by atoms with Crippen LogP contribution in [0, 0.1) is 0 Å². The van der Waals surface area contributed by atoms with Crippen LogP contribution < -0.4 is 10.2 Å². The molecule has 7 nitrogen and oxygen atoms in total. The number of aromatic nitrogens is 2. The van der Waals surface area contributed by atoms with E-state index in [-0.39, 0.29) is 12.5 Å². The van der Waals surface area contributed by atoms with Crippen molar-refractivity contribution in [3.05, 3.63) is 18.0 Å². The molecule has 1 aliphatic heterocycles. The van der Waals surface area contributed by atoms with E-state index in [0.717, 1.165) is 0 Å². The molecule has 0 aliphatic carbocycles. The van der Waals surface area contributed by atoms with Crippen LogP contribution in [0.1, 0.15) is 17.3 Å². The van der Waals surface area contributed by atoms with Gasteiger partial charge in [-0.3, -0.25) is 4.79 Å². The molecule has 0 saturated carbocycles. The second kappa shape index (κ2) is 5.44. The quantitative estimate of drug-likeness (QED) is 0.734. The van der Waals surface area contributed by atoms with Crippen molar-refractivity contribution in [3.63, 3.8) is 0 Å². The van der Waals surface area contributed by atoms with Gasteiger partial charge in [0.2, 0.25) is 11.9 Å². The minimum atomic E-state index is -0.444. The number of ether oxygens (including phenoxy) is 1. The fourth-order valence-electron chi connectivity index (χ4n) is 1.61. The van der Waals surface area contributed by atoms with Crippen molar-refractivity contribution in [3.8, 4) is 0 Å². The number of piperazine rings is 1. The summed E-state index contributed by atoms with van der Waals surface area (Å²) in [7, 11) is 0. The Bertz CT molecular complexity index is 446. The molecule has 1 amide bonds. The molecule has 1 aliphatic rings. The van der Waals surface area contributed by atoms with E-state index < -0.39 is 5.97 Å². The Balaban J connectivity index is 2.07. The summed E-state index contributed by atoms with van der Waals surface area (Å²) in [6.07, 6.45) is 2.82. The molecular formula is C11H14N4O3. The van der Waals surface area contributed by atoms with E-state index in [1.807, 2.05) is 0 Å². The highest BCUT2D eigenvalue weighted by molar-refractivity contribution is 5.88. The smallest absolute Gasteiger partial charge is 0.341 e. The van der Waals surface area contributed by atoms with E-state index in [1.54, 1.807) is 11.8 Å². The number of carbonyl (C=O) groups is 2. The highest BCUT2D eigenvalue weighted by atomic mass is 16.5. The van der Waals surface area contributed by atoms with E-state index in [9.17, 15) is 9.59 Å². The summed E-state index contributed by atoms with van der Waals surface area (Å²) < 4.78 is 4.83. The number of rotatable bonds is 3. The Morgan fingerprint density at radius 1 is 1.50 bits per heavy atom. The van der Waals surface area contributed by atoms with Crippen LogP contribution in [-0.2, 0) is 9.53 Å². The predicted molar refractivity (Wildman–Crippen MR) is 63.2 cm³/mol. The van der Waals surface area contributed by atoms with Gasteiger partial charge in [0.25, 0.3) is 0 Å². The van der Waals surface area contributed by atoms with Gasteiger partial charge in [-0.1, -0.05) is 0 Å². The Morgan fingerprint density at radius 2 is 2.22 bits per heavy atom. The Hall–Kier alpha value is -2.18. The summed E-state index contributed by atoms with van der Waals surface area (Å²) in [4.78, 5) is 32.5. The number of anilines is 1. The number of carbonyl (C=O) groups excluding carboxylic acids is 2. The fourth-order valence-corrected chi connectivity index (χ4v) is 1.61. The first-order chi connectivity index (χ1) is 8.70. The molecular weight excluding hydrogens is 236 g/mol. The second-order valence-electron chi connectivity index (χ2n) is 3.76. The molecule has 2 rings (SSSR count). The van der Waals surface area contributed by atoms with Crippen molar-refractivity contribution >= 4 is 17.8 Å². The molecule has 0 spiro atoms. The summed E-state index contributed by atoms with van der Waals surface area (Å²) in [5.74, 6) is -0.0577. The van der Waals surface area contributed by atoms with Crippen LogP contribution in [0.25, 0.3) is 0 Å². The third kappa shape index (κ3) is 2.73. The highest BCUT2D eigenvalue weighted by Gasteiger charge is 2.19. The van der Waals surface area contributed by atoms with Crippen molar-refractivity contribution in [1.29, 1.82) is 0 Å². The standard InChI is InChI=1S/C11H14N4O3/c1-2-18-10(17)8-5-13-11(14-6-8)15-4-3-12-9(16)7-15/h5-6H,2-4,7H2,1H3,(H,12,16). The minimum absolute atomic E-state index is 0.0562. The van der Waals surface area contributed by atoms with Gasteiger partial charge >= 0.3 is 5.97 Å². The van der Waals surface area contributed by atoms with E-state index in [4.69, 9.17) is 4.74 Å². The molecule has 1 fully saturated rings. The summed E-state index contributed by atoms with van der Waals surface area (Å²) in [6, 6.07) is 0. The molecule has 1 N–H and O–H groups in total. The van der Waals surface area contributed by atoms with Gasteiger partial charge in [0.05, 0.1) is 18.7 Å². The molecule has 18 heavy (non-hydrogen) atoms. The molecule has 2 heterocycles. The van der Waals surface area contributed by atoms with Crippen LogP contribution in [0.2, 0.25) is 0 Å². The molecule has 1 aromatic rings. The Labute approximate surface area is 104 Å². The third-order valence-corrected chi connectivity index (χ3v) is 2.47. The van der Waals surface area contributed by atoms with Crippen molar-refractivity contribution in [2.24, 2.45) is 0 Å². The van der Waals surface area contributed by atoms with Crippen LogP contribution in [-0.4, -0.2) is 48.1 Å². The zero-order valence-corrected chi connectivity index (χ0v) is 10.0. The lowest BCUT2D eigenvalue weighted by Crippen LogP contribution is -2.48. The molecule has 0 radical (unpaired) electrons. The van der Waals surface area contributed by atoms with Crippen LogP contribution >= 0.6 is 0 Å². The molecule has 0 unspecified atom stereocenters. The number of hydrogen-bond donors (Lipinski definition) is 1. The second-order valence-corrected chi connectivity index (χ2v) is 3.76. The zero-order chi connectivity index (χ0) is 13.0. The molecule has 7 heteroatoms. The zero-order valence-electron chi connectivity index (χ0n) is 10.0. The summed E-state index contributed by atoms with van der Waals surface area (Å²) in [5.41, 5.74) is 0.307. The fraction of sp³-hybridized carbons (Fsp3) is 0.455. The van der Waals surface area contributed by atoms with Crippen molar-refractivity contribution in [2.75, 3.05) is 31.1 Å². The molecule has 0 aromatic carbocycles. The van der Waals surface area contributed by atoms with Gasteiger partial charge in [-0.05, 0) is 6.92 Å². The van der Waals surface area contributed by atoms with Gasteiger partial charge in [-0.15, -0.1) is 0 Å². The topological polar surface area (TPSA) is 84.4 Å². The maximum absolute atomic E-state index is 11.4. The lowest BCUT2D eigenvalue weighted by molar-refractivity contribution is -0.120. The normalized spacial score (nSPS) is 15.2. The van der Waals surface area contributed by atoms with Gasteiger partial charge in [0.1, 0.15) is 0 Å². The first-order valence-corrected chi connectivity index (χ1v) is 5.71. The van der Waals surface area contributed by atoms with Crippen LogP contribution in [0.3, 0.4) is 0 Å². The molecule has 0 bridgehead atoms. The number of esters is 1. The van der Waals surface area contributed by atoms with E-state index in [0.29, 0.717) is 31.2 Å².